The first-order chi connectivity index (χ1) is 11.7. The van der Waals surface area contributed by atoms with Gasteiger partial charge in [-0.15, -0.1) is 0 Å². The Bertz CT molecular complexity index is 725. The van der Waals surface area contributed by atoms with Gasteiger partial charge in [-0.2, -0.15) is 17.0 Å². The summed E-state index contributed by atoms with van der Waals surface area (Å²) in [4.78, 5) is 0.775. The summed E-state index contributed by atoms with van der Waals surface area (Å²) in [6.07, 6.45) is 5.06. The van der Waals surface area contributed by atoms with E-state index in [9.17, 15) is 4.21 Å². The highest BCUT2D eigenvalue weighted by Crippen LogP contribution is 2.31. The summed E-state index contributed by atoms with van der Waals surface area (Å²) in [5, 5.41) is 9.66. The standard InChI is InChI=1S/C19H20ClNOS2/c1-23-12-3-2-7-19(16-6-4-5-15(13-16)14-21)24(22)18-10-8-17(20)9-11-18/h4-6,8-11,13,19H,2-3,7,12H2,1H3. The van der Waals surface area contributed by atoms with Crippen molar-refractivity contribution in [1.29, 1.82) is 5.26 Å². The fraction of sp³-hybridized carbons (Fsp3) is 0.316. The van der Waals surface area contributed by atoms with Crippen LogP contribution in [0.4, 0.5) is 0 Å². The SMILES string of the molecule is CSCCCCC(c1cccc(C#N)c1)S(=O)c1ccc(Cl)cc1. The van der Waals surface area contributed by atoms with Gasteiger partial charge in [0.25, 0.3) is 0 Å². The third-order valence-corrected chi connectivity index (χ3v) is 6.47. The topological polar surface area (TPSA) is 40.9 Å². The molecule has 2 nitrogen and oxygen atoms in total. The van der Waals surface area contributed by atoms with Crippen LogP contribution >= 0.6 is 23.4 Å². The van der Waals surface area contributed by atoms with Gasteiger partial charge >= 0.3 is 0 Å². The molecule has 5 heteroatoms. The number of rotatable bonds is 8. The predicted molar refractivity (Wildman–Crippen MR) is 104 cm³/mol. The molecule has 2 unspecified atom stereocenters. The Labute approximate surface area is 155 Å². The minimum absolute atomic E-state index is 0.110. The molecule has 0 fully saturated rings. The van der Waals surface area contributed by atoms with Crippen molar-refractivity contribution in [2.75, 3.05) is 12.0 Å². The number of hydrogen-bond donors (Lipinski definition) is 0. The average Bonchev–Trinajstić information content (AvgIpc) is 2.62. The van der Waals surface area contributed by atoms with Crippen molar-refractivity contribution in [3.63, 3.8) is 0 Å². The number of benzene rings is 2. The van der Waals surface area contributed by atoms with Crippen molar-refractivity contribution in [1.82, 2.24) is 0 Å². The smallest absolute Gasteiger partial charge is 0.0991 e. The van der Waals surface area contributed by atoms with Gasteiger partial charge < -0.3 is 0 Å². The molecular formula is C19H20ClNOS2. The van der Waals surface area contributed by atoms with Crippen LogP contribution in [0.1, 0.15) is 35.6 Å². The summed E-state index contributed by atoms with van der Waals surface area (Å²) in [5.41, 5.74) is 1.57. The van der Waals surface area contributed by atoms with E-state index in [-0.39, 0.29) is 5.25 Å². The highest BCUT2D eigenvalue weighted by Gasteiger charge is 2.20. The zero-order chi connectivity index (χ0) is 17.4. The zero-order valence-electron chi connectivity index (χ0n) is 13.6. The van der Waals surface area contributed by atoms with E-state index in [0.717, 1.165) is 35.5 Å². The molecule has 0 aliphatic rings. The van der Waals surface area contributed by atoms with E-state index in [4.69, 9.17) is 16.9 Å². The largest absolute Gasteiger partial charge is 0.254 e. The quantitative estimate of drug-likeness (QED) is 0.562. The molecule has 24 heavy (non-hydrogen) atoms. The average molecular weight is 378 g/mol. The van der Waals surface area contributed by atoms with Gasteiger partial charge in [0, 0.05) is 9.92 Å². The highest BCUT2D eigenvalue weighted by atomic mass is 35.5. The molecule has 2 aromatic carbocycles. The van der Waals surface area contributed by atoms with Gasteiger partial charge in [-0.1, -0.05) is 30.2 Å². The molecule has 0 amide bonds. The Morgan fingerprint density at radius 1 is 1.21 bits per heavy atom. The van der Waals surface area contributed by atoms with Crippen molar-refractivity contribution in [2.45, 2.75) is 29.4 Å². The summed E-state index contributed by atoms with van der Waals surface area (Å²) in [6.45, 7) is 0. The van der Waals surface area contributed by atoms with Crippen LogP contribution in [0, 0.1) is 11.3 Å². The number of hydrogen-bond acceptors (Lipinski definition) is 3. The second kappa shape index (κ2) is 9.88. The Morgan fingerprint density at radius 3 is 2.62 bits per heavy atom. The summed E-state index contributed by atoms with van der Waals surface area (Å²) in [5.74, 6) is 1.11. The monoisotopic (exact) mass is 377 g/mol. The van der Waals surface area contributed by atoms with Crippen LogP contribution in [0.2, 0.25) is 5.02 Å². The molecular weight excluding hydrogens is 358 g/mol. The third-order valence-electron chi connectivity index (χ3n) is 3.76. The van der Waals surface area contributed by atoms with Crippen LogP contribution < -0.4 is 0 Å². The van der Waals surface area contributed by atoms with E-state index < -0.39 is 10.8 Å². The molecule has 0 aliphatic heterocycles. The fourth-order valence-electron chi connectivity index (χ4n) is 2.51. The molecule has 0 bridgehead atoms. The lowest BCUT2D eigenvalue weighted by Crippen LogP contribution is -2.08. The normalized spacial score (nSPS) is 13.2. The number of halogens is 1. The Balaban J connectivity index is 2.25. The van der Waals surface area contributed by atoms with E-state index in [1.165, 1.54) is 0 Å². The molecule has 0 aromatic heterocycles. The minimum atomic E-state index is -1.17. The van der Waals surface area contributed by atoms with Gasteiger partial charge in [0.2, 0.25) is 0 Å². The van der Waals surface area contributed by atoms with Crippen molar-refractivity contribution in [2.24, 2.45) is 0 Å². The van der Waals surface area contributed by atoms with Gasteiger partial charge in [0.1, 0.15) is 0 Å². The van der Waals surface area contributed by atoms with Crippen LogP contribution in [0.3, 0.4) is 0 Å². The zero-order valence-corrected chi connectivity index (χ0v) is 16.0. The molecule has 2 atom stereocenters. The van der Waals surface area contributed by atoms with Crippen LogP contribution in [0.5, 0.6) is 0 Å². The molecule has 0 saturated carbocycles. The van der Waals surface area contributed by atoms with Gasteiger partial charge in [0.15, 0.2) is 0 Å². The maximum atomic E-state index is 13.1. The lowest BCUT2D eigenvalue weighted by atomic mass is 10.0. The first-order valence-corrected chi connectivity index (χ1v) is 10.8. The molecule has 0 spiro atoms. The summed E-state index contributed by atoms with van der Waals surface area (Å²) < 4.78 is 13.1. The second-order valence-corrected chi connectivity index (χ2v) is 8.52. The van der Waals surface area contributed by atoms with Gasteiger partial charge in [-0.05, 0) is 66.8 Å². The molecule has 0 saturated heterocycles. The molecule has 0 N–H and O–H groups in total. The van der Waals surface area contributed by atoms with Crippen LogP contribution in [-0.2, 0) is 10.8 Å². The number of thioether (sulfide) groups is 1. The van der Waals surface area contributed by atoms with E-state index in [2.05, 4.69) is 12.3 Å². The van der Waals surface area contributed by atoms with Crippen LogP contribution in [0.15, 0.2) is 53.4 Å². The van der Waals surface area contributed by atoms with Crippen molar-refractivity contribution in [3.8, 4) is 6.07 Å². The maximum absolute atomic E-state index is 13.1. The Hall–Kier alpha value is -1.28. The van der Waals surface area contributed by atoms with E-state index in [0.29, 0.717) is 10.6 Å². The lowest BCUT2D eigenvalue weighted by molar-refractivity contribution is 0.648. The molecule has 0 aliphatic carbocycles. The van der Waals surface area contributed by atoms with Gasteiger partial charge in [-0.25, -0.2) is 0 Å². The third kappa shape index (κ3) is 5.37. The fourth-order valence-corrected chi connectivity index (χ4v) is 4.64. The second-order valence-electron chi connectivity index (χ2n) is 5.47. The molecule has 2 aromatic rings. The Kier molecular flexibility index (Phi) is 7.84. The minimum Gasteiger partial charge on any atom is -0.254 e. The van der Waals surface area contributed by atoms with E-state index in [1.54, 1.807) is 18.2 Å². The summed E-state index contributed by atoms with van der Waals surface area (Å²) in [6, 6.07) is 16.8. The van der Waals surface area contributed by atoms with Crippen molar-refractivity contribution in [3.05, 3.63) is 64.7 Å². The summed E-state index contributed by atoms with van der Waals surface area (Å²) in [7, 11) is -1.17. The lowest BCUT2D eigenvalue weighted by Gasteiger charge is -2.17. The molecule has 126 valence electrons. The van der Waals surface area contributed by atoms with Crippen LogP contribution in [0.25, 0.3) is 0 Å². The molecule has 0 radical (unpaired) electrons. The van der Waals surface area contributed by atoms with Crippen LogP contribution in [-0.4, -0.2) is 16.2 Å². The van der Waals surface area contributed by atoms with E-state index in [1.807, 2.05) is 42.1 Å². The summed E-state index contributed by atoms with van der Waals surface area (Å²) >= 11 is 7.76. The van der Waals surface area contributed by atoms with Crippen molar-refractivity contribution < 1.29 is 4.21 Å². The maximum Gasteiger partial charge on any atom is 0.0991 e. The first-order valence-electron chi connectivity index (χ1n) is 7.81. The predicted octanol–water partition coefficient (Wildman–Crippen LogP) is 5.59. The van der Waals surface area contributed by atoms with Gasteiger partial charge in [0.05, 0.1) is 27.7 Å². The van der Waals surface area contributed by atoms with Crippen molar-refractivity contribution >= 4 is 34.2 Å². The first kappa shape index (κ1) is 19.1. The highest BCUT2D eigenvalue weighted by molar-refractivity contribution is 7.98. The number of nitriles is 1. The molecule has 2 rings (SSSR count). The van der Waals surface area contributed by atoms with Gasteiger partial charge in [-0.3, -0.25) is 4.21 Å². The molecule has 0 heterocycles. The van der Waals surface area contributed by atoms with E-state index >= 15 is 0 Å². The number of nitrogens with zero attached hydrogens (tertiary/aromatic N) is 1. The number of unbranched alkanes of at least 4 members (excludes halogenated alkanes) is 1. The Morgan fingerprint density at radius 2 is 1.96 bits per heavy atom.